The summed E-state index contributed by atoms with van der Waals surface area (Å²) in [6, 6.07) is 0. The number of benzene rings is 1. The second kappa shape index (κ2) is 4.31. The molecule has 4 nitrogen and oxygen atoms in total. The van der Waals surface area contributed by atoms with Crippen LogP contribution in [-0.4, -0.2) is 19.8 Å². The van der Waals surface area contributed by atoms with E-state index in [0.717, 1.165) is 6.26 Å². The number of nitrogen functional groups attached to an aromatic ring is 1. The fraction of sp³-hybridized carbons (Fsp3) is 0.500. The average Bonchev–Trinajstić information content (AvgIpc) is 2.16. The van der Waals surface area contributed by atoms with Crippen LogP contribution in [0.15, 0.2) is 4.90 Å². The van der Waals surface area contributed by atoms with Crippen molar-refractivity contribution in [2.24, 2.45) is 0 Å². The van der Waals surface area contributed by atoms with Gasteiger partial charge in [-0.3, -0.25) is 0 Å². The molecule has 0 amide bonds. The van der Waals surface area contributed by atoms with Gasteiger partial charge in [-0.05, 0) is 23.5 Å². The van der Waals surface area contributed by atoms with Crippen LogP contribution in [0.5, 0.6) is 5.75 Å². The largest absolute Gasteiger partial charge is 0.504 e. The number of hydrogen-bond acceptors (Lipinski definition) is 4. The molecular weight excluding hydrogens is 274 g/mol. The molecule has 0 aliphatic carbocycles. The lowest BCUT2D eigenvalue weighted by atomic mass is 9.83. The van der Waals surface area contributed by atoms with E-state index < -0.39 is 15.3 Å². The van der Waals surface area contributed by atoms with E-state index in [-0.39, 0.29) is 21.4 Å². The summed E-state index contributed by atoms with van der Waals surface area (Å²) in [5.74, 6) is -0.373. The number of hydrogen-bond donors (Lipinski definition) is 2. The molecule has 0 aliphatic heterocycles. The molecule has 0 aliphatic rings. The highest BCUT2D eigenvalue weighted by Gasteiger charge is 2.31. The maximum absolute atomic E-state index is 11.9. The Bertz CT molecular complexity index is 601. The van der Waals surface area contributed by atoms with Crippen molar-refractivity contribution in [3.05, 3.63) is 16.1 Å². The van der Waals surface area contributed by atoms with Crippen LogP contribution in [-0.2, 0) is 15.3 Å². The van der Waals surface area contributed by atoms with Gasteiger partial charge in [-0.25, -0.2) is 8.42 Å². The number of rotatable bonds is 1. The van der Waals surface area contributed by atoms with Crippen LogP contribution in [0.2, 0.25) is 5.02 Å². The maximum Gasteiger partial charge on any atom is 0.178 e. The molecule has 0 aromatic heterocycles. The van der Waals surface area contributed by atoms with E-state index in [1.807, 2.05) is 20.8 Å². The molecule has 18 heavy (non-hydrogen) atoms. The number of phenolic OH excluding ortho intramolecular Hbond substituents is 1. The Morgan fingerprint density at radius 2 is 1.72 bits per heavy atom. The van der Waals surface area contributed by atoms with Crippen molar-refractivity contribution in [3.8, 4) is 5.75 Å². The smallest absolute Gasteiger partial charge is 0.178 e. The maximum atomic E-state index is 11.9. The SMILES string of the molecule is Cc1c(Cl)c(O)c(N)c(S(C)(=O)=O)c1C(C)(C)C. The molecule has 1 aromatic carbocycles. The lowest BCUT2D eigenvalue weighted by Crippen LogP contribution is -2.20. The molecule has 0 bridgehead atoms. The molecule has 3 N–H and O–H groups in total. The number of aromatic hydroxyl groups is 1. The summed E-state index contributed by atoms with van der Waals surface area (Å²) in [4.78, 5) is -0.0330. The summed E-state index contributed by atoms with van der Waals surface area (Å²) in [6.45, 7) is 7.29. The van der Waals surface area contributed by atoms with E-state index in [4.69, 9.17) is 17.3 Å². The molecule has 0 radical (unpaired) electrons. The molecule has 0 saturated heterocycles. The van der Waals surface area contributed by atoms with E-state index >= 15 is 0 Å². The average molecular weight is 292 g/mol. The van der Waals surface area contributed by atoms with Crippen LogP contribution >= 0.6 is 11.6 Å². The molecular formula is C12H18ClNO3S. The van der Waals surface area contributed by atoms with Crippen molar-refractivity contribution in [2.75, 3.05) is 12.0 Å². The van der Waals surface area contributed by atoms with Crippen LogP contribution in [0, 0.1) is 6.92 Å². The van der Waals surface area contributed by atoms with E-state index in [1.165, 1.54) is 0 Å². The highest BCUT2D eigenvalue weighted by Crippen LogP contribution is 2.45. The van der Waals surface area contributed by atoms with Crippen molar-refractivity contribution in [2.45, 2.75) is 38.0 Å². The Kier molecular flexibility index (Phi) is 3.62. The molecule has 102 valence electrons. The van der Waals surface area contributed by atoms with Crippen molar-refractivity contribution < 1.29 is 13.5 Å². The van der Waals surface area contributed by atoms with Gasteiger partial charge in [0.1, 0.15) is 0 Å². The van der Waals surface area contributed by atoms with Crippen LogP contribution < -0.4 is 5.73 Å². The van der Waals surface area contributed by atoms with Gasteiger partial charge in [-0.15, -0.1) is 0 Å². The Balaban J connectivity index is 4.02. The summed E-state index contributed by atoms with van der Waals surface area (Å²) in [6.07, 6.45) is 1.07. The second-order valence-corrected chi connectivity index (χ2v) is 7.76. The summed E-state index contributed by atoms with van der Waals surface area (Å²) in [5.41, 5.74) is 6.17. The van der Waals surface area contributed by atoms with Crippen molar-refractivity contribution in [1.29, 1.82) is 0 Å². The lowest BCUT2D eigenvalue weighted by molar-refractivity contribution is 0.473. The molecule has 6 heteroatoms. The Morgan fingerprint density at radius 1 is 1.28 bits per heavy atom. The van der Waals surface area contributed by atoms with Gasteiger partial charge in [0.2, 0.25) is 0 Å². The van der Waals surface area contributed by atoms with Crippen LogP contribution in [0.4, 0.5) is 5.69 Å². The highest BCUT2D eigenvalue weighted by molar-refractivity contribution is 7.91. The van der Waals surface area contributed by atoms with Gasteiger partial charge >= 0.3 is 0 Å². The minimum absolute atomic E-state index is 0.0330. The fourth-order valence-electron chi connectivity index (χ4n) is 2.11. The molecule has 0 fully saturated rings. The number of sulfone groups is 1. The van der Waals surface area contributed by atoms with Gasteiger partial charge in [0.05, 0.1) is 15.6 Å². The zero-order valence-corrected chi connectivity index (χ0v) is 12.7. The van der Waals surface area contributed by atoms with Gasteiger partial charge in [0.25, 0.3) is 0 Å². The first-order valence-corrected chi connectivity index (χ1v) is 7.67. The molecule has 1 aromatic rings. The highest BCUT2D eigenvalue weighted by atomic mass is 35.5. The van der Waals surface area contributed by atoms with Crippen LogP contribution in [0.3, 0.4) is 0 Å². The van der Waals surface area contributed by atoms with Gasteiger partial charge in [-0.2, -0.15) is 0 Å². The van der Waals surface area contributed by atoms with Crippen LogP contribution in [0.25, 0.3) is 0 Å². The van der Waals surface area contributed by atoms with E-state index in [1.54, 1.807) is 6.92 Å². The minimum Gasteiger partial charge on any atom is -0.504 e. The first kappa shape index (κ1) is 15.1. The number of anilines is 1. The van der Waals surface area contributed by atoms with Gasteiger partial charge in [0, 0.05) is 6.26 Å². The molecule has 0 atom stereocenters. The van der Waals surface area contributed by atoms with Gasteiger partial charge in [0.15, 0.2) is 15.6 Å². The summed E-state index contributed by atoms with van der Waals surface area (Å²) in [5, 5.41) is 9.90. The molecule has 1 rings (SSSR count). The molecule has 0 heterocycles. The van der Waals surface area contributed by atoms with E-state index in [2.05, 4.69) is 0 Å². The number of nitrogens with two attached hydrogens (primary N) is 1. The quantitative estimate of drug-likeness (QED) is 0.616. The Morgan fingerprint density at radius 3 is 2.06 bits per heavy atom. The summed E-state index contributed by atoms with van der Waals surface area (Å²) in [7, 11) is -3.55. The molecule has 0 spiro atoms. The summed E-state index contributed by atoms with van der Waals surface area (Å²) < 4.78 is 23.8. The van der Waals surface area contributed by atoms with E-state index in [0.29, 0.717) is 11.1 Å². The normalized spacial score (nSPS) is 12.8. The molecule has 0 unspecified atom stereocenters. The van der Waals surface area contributed by atoms with Crippen molar-refractivity contribution >= 4 is 27.1 Å². The zero-order chi connectivity index (χ0) is 14.5. The monoisotopic (exact) mass is 291 g/mol. The second-order valence-electron chi connectivity index (χ2n) is 5.43. The first-order valence-electron chi connectivity index (χ1n) is 5.40. The lowest BCUT2D eigenvalue weighted by Gasteiger charge is -2.27. The topological polar surface area (TPSA) is 80.4 Å². The third-order valence-corrected chi connectivity index (χ3v) is 4.39. The number of halogens is 1. The molecule has 0 saturated carbocycles. The van der Waals surface area contributed by atoms with Gasteiger partial charge < -0.3 is 10.8 Å². The predicted octanol–water partition coefficient (Wildman–Crippen LogP) is 2.64. The van der Waals surface area contributed by atoms with Crippen LogP contribution in [0.1, 0.15) is 31.9 Å². The number of phenols is 1. The third-order valence-electron chi connectivity index (χ3n) is 2.76. The zero-order valence-electron chi connectivity index (χ0n) is 11.1. The van der Waals surface area contributed by atoms with Crippen molar-refractivity contribution in [1.82, 2.24) is 0 Å². The standard InChI is InChI=1S/C12H18ClNO3S/c1-6-7(12(2,3)4)11(18(5,16)17)9(14)10(15)8(6)13/h15H,14H2,1-5H3. The van der Waals surface area contributed by atoms with Gasteiger partial charge in [-0.1, -0.05) is 32.4 Å². The minimum atomic E-state index is -3.55. The fourth-order valence-corrected chi connectivity index (χ4v) is 3.63. The predicted molar refractivity (Wildman–Crippen MR) is 74.1 cm³/mol. The van der Waals surface area contributed by atoms with E-state index in [9.17, 15) is 13.5 Å². The third kappa shape index (κ3) is 2.42. The first-order chi connectivity index (χ1) is 7.89. The van der Waals surface area contributed by atoms with Crippen molar-refractivity contribution in [3.63, 3.8) is 0 Å². The Hall–Kier alpha value is -0.940. The summed E-state index contributed by atoms with van der Waals surface area (Å²) >= 11 is 5.99. The Labute approximate surface area is 113 Å².